The van der Waals surface area contributed by atoms with Crippen LogP contribution in [0.5, 0.6) is 0 Å². The number of hydrogen-bond acceptors (Lipinski definition) is 3. The lowest BCUT2D eigenvalue weighted by Gasteiger charge is -2.24. The number of carbonyl (C=O) groups excluding carboxylic acids is 1. The molecule has 0 spiro atoms. The number of aromatic amines is 1. The molecule has 5 nitrogen and oxygen atoms in total. The number of aliphatic hydroxyl groups excluding tert-OH is 1. The van der Waals surface area contributed by atoms with E-state index >= 15 is 0 Å². The molecule has 0 aliphatic carbocycles. The number of aromatic nitrogens is 2. The fraction of sp³-hybridized carbons (Fsp3) is 0.286. The summed E-state index contributed by atoms with van der Waals surface area (Å²) in [6.45, 7) is 0.0740. The summed E-state index contributed by atoms with van der Waals surface area (Å²) in [5, 5.41) is 16.0. The molecule has 21 heavy (non-hydrogen) atoms. The maximum atomic E-state index is 13.9. The highest BCUT2D eigenvalue weighted by atomic mass is 19.1. The SMILES string of the molecule is O=C(c1cn[nH]c1)N1CC(O)CC1c1cc(F)ccc1F. The van der Waals surface area contributed by atoms with Crippen LogP contribution in [0.2, 0.25) is 0 Å². The predicted molar refractivity (Wildman–Crippen MR) is 69.3 cm³/mol. The van der Waals surface area contributed by atoms with E-state index in [9.17, 15) is 18.7 Å². The average Bonchev–Trinajstić information content (AvgIpc) is 3.10. The van der Waals surface area contributed by atoms with Crippen molar-refractivity contribution in [2.45, 2.75) is 18.6 Å². The van der Waals surface area contributed by atoms with Gasteiger partial charge in [0.05, 0.1) is 23.9 Å². The molecule has 0 saturated carbocycles. The monoisotopic (exact) mass is 293 g/mol. The summed E-state index contributed by atoms with van der Waals surface area (Å²) in [7, 11) is 0. The first-order valence-electron chi connectivity index (χ1n) is 6.49. The van der Waals surface area contributed by atoms with E-state index in [0.717, 1.165) is 18.2 Å². The third-order valence-electron chi connectivity index (χ3n) is 3.60. The highest BCUT2D eigenvalue weighted by Crippen LogP contribution is 2.34. The van der Waals surface area contributed by atoms with Crippen molar-refractivity contribution in [1.29, 1.82) is 0 Å². The molecule has 1 aromatic heterocycles. The average molecular weight is 293 g/mol. The molecule has 3 rings (SSSR count). The molecule has 110 valence electrons. The number of nitrogens with zero attached hydrogens (tertiary/aromatic N) is 2. The van der Waals surface area contributed by atoms with Crippen molar-refractivity contribution < 1.29 is 18.7 Å². The minimum atomic E-state index is -0.770. The Bertz CT molecular complexity index is 660. The Hall–Kier alpha value is -2.28. The number of carbonyl (C=O) groups is 1. The smallest absolute Gasteiger partial charge is 0.257 e. The number of likely N-dealkylation sites (tertiary alicyclic amines) is 1. The van der Waals surface area contributed by atoms with E-state index in [0.29, 0.717) is 5.56 Å². The van der Waals surface area contributed by atoms with Crippen LogP contribution in [0.25, 0.3) is 0 Å². The van der Waals surface area contributed by atoms with Crippen molar-refractivity contribution in [3.05, 3.63) is 53.4 Å². The zero-order valence-corrected chi connectivity index (χ0v) is 11.0. The van der Waals surface area contributed by atoms with Gasteiger partial charge in [0.25, 0.3) is 5.91 Å². The molecule has 2 N–H and O–H groups in total. The minimum Gasteiger partial charge on any atom is -0.391 e. The van der Waals surface area contributed by atoms with Crippen LogP contribution in [0.3, 0.4) is 0 Å². The van der Waals surface area contributed by atoms with Gasteiger partial charge in [-0.3, -0.25) is 9.89 Å². The maximum Gasteiger partial charge on any atom is 0.257 e. The second-order valence-corrected chi connectivity index (χ2v) is 5.02. The number of halogens is 2. The second kappa shape index (κ2) is 5.25. The van der Waals surface area contributed by atoms with E-state index in [1.165, 1.54) is 17.3 Å². The predicted octanol–water partition coefficient (Wildman–Crippen LogP) is 1.64. The van der Waals surface area contributed by atoms with Crippen LogP contribution in [0, 0.1) is 11.6 Å². The Morgan fingerprint density at radius 1 is 1.43 bits per heavy atom. The number of benzene rings is 1. The highest BCUT2D eigenvalue weighted by molar-refractivity contribution is 5.94. The minimum absolute atomic E-state index is 0.0726. The first kappa shape index (κ1) is 13.7. The number of hydrogen-bond donors (Lipinski definition) is 2. The van der Waals surface area contributed by atoms with Gasteiger partial charge in [-0.1, -0.05) is 0 Å². The summed E-state index contributed by atoms with van der Waals surface area (Å²) in [5.41, 5.74) is 0.384. The fourth-order valence-electron chi connectivity index (χ4n) is 2.64. The number of β-amino-alcohol motifs (C(OH)–C–C–N with tert-alkyl or cyclic N) is 1. The molecule has 1 amide bonds. The van der Waals surface area contributed by atoms with E-state index in [-0.39, 0.29) is 24.4 Å². The molecule has 7 heteroatoms. The van der Waals surface area contributed by atoms with E-state index in [2.05, 4.69) is 10.2 Å². The van der Waals surface area contributed by atoms with Crippen LogP contribution in [-0.2, 0) is 0 Å². The third kappa shape index (κ3) is 2.52. The third-order valence-corrected chi connectivity index (χ3v) is 3.60. The summed E-state index contributed by atoms with van der Waals surface area (Å²) in [6, 6.07) is 2.41. The summed E-state index contributed by atoms with van der Waals surface area (Å²) in [4.78, 5) is 13.7. The van der Waals surface area contributed by atoms with Crippen molar-refractivity contribution in [1.82, 2.24) is 15.1 Å². The Morgan fingerprint density at radius 3 is 2.95 bits per heavy atom. The lowest BCUT2D eigenvalue weighted by atomic mass is 10.0. The lowest BCUT2D eigenvalue weighted by Crippen LogP contribution is -2.32. The number of aliphatic hydroxyl groups is 1. The number of H-pyrrole nitrogens is 1. The van der Waals surface area contributed by atoms with E-state index in [1.54, 1.807) is 0 Å². The maximum absolute atomic E-state index is 13.9. The van der Waals surface area contributed by atoms with Crippen molar-refractivity contribution in [3.8, 4) is 0 Å². The molecule has 2 heterocycles. The topological polar surface area (TPSA) is 69.2 Å². The largest absolute Gasteiger partial charge is 0.391 e. The molecule has 1 fully saturated rings. The molecule has 0 radical (unpaired) electrons. The standard InChI is InChI=1S/C14H13F2N3O2/c15-9-1-2-12(16)11(3-9)13-4-10(20)7-19(13)14(21)8-5-17-18-6-8/h1-3,5-6,10,13,20H,4,7H2,(H,17,18). The summed E-state index contributed by atoms with van der Waals surface area (Å²) in [5.74, 6) is -1.56. The van der Waals surface area contributed by atoms with Crippen molar-refractivity contribution in [2.75, 3.05) is 6.54 Å². The summed E-state index contributed by atoms with van der Waals surface area (Å²) >= 11 is 0. The molecular formula is C14H13F2N3O2. The highest BCUT2D eigenvalue weighted by Gasteiger charge is 2.37. The molecule has 1 aromatic carbocycles. The fourth-order valence-corrected chi connectivity index (χ4v) is 2.64. The van der Waals surface area contributed by atoms with Crippen LogP contribution in [0.1, 0.15) is 28.4 Å². The van der Waals surface area contributed by atoms with Gasteiger partial charge >= 0.3 is 0 Å². The molecule has 0 bridgehead atoms. The van der Waals surface area contributed by atoms with E-state index in [4.69, 9.17) is 0 Å². The summed E-state index contributed by atoms with van der Waals surface area (Å²) in [6.07, 6.45) is 2.18. The molecule has 2 unspecified atom stereocenters. The van der Waals surface area contributed by atoms with Crippen LogP contribution < -0.4 is 0 Å². The van der Waals surface area contributed by atoms with Crippen LogP contribution >= 0.6 is 0 Å². The van der Waals surface area contributed by atoms with Gasteiger partial charge in [0.2, 0.25) is 0 Å². The van der Waals surface area contributed by atoms with Gasteiger partial charge in [0.15, 0.2) is 0 Å². The molecule has 2 atom stereocenters. The van der Waals surface area contributed by atoms with Gasteiger partial charge in [0, 0.05) is 18.3 Å². The Labute approximate surface area is 119 Å². The second-order valence-electron chi connectivity index (χ2n) is 5.02. The quantitative estimate of drug-likeness (QED) is 0.884. The van der Waals surface area contributed by atoms with Gasteiger partial charge in [0.1, 0.15) is 11.6 Å². The molecule has 1 saturated heterocycles. The zero-order valence-electron chi connectivity index (χ0n) is 11.0. The van der Waals surface area contributed by atoms with Crippen LogP contribution in [-0.4, -0.2) is 38.8 Å². The summed E-state index contributed by atoms with van der Waals surface area (Å²) < 4.78 is 27.3. The first-order valence-corrected chi connectivity index (χ1v) is 6.49. The molecule has 2 aromatic rings. The number of rotatable bonds is 2. The van der Waals surface area contributed by atoms with Gasteiger partial charge in [-0.05, 0) is 24.6 Å². The van der Waals surface area contributed by atoms with Crippen LogP contribution in [0.4, 0.5) is 8.78 Å². The number of nitrogens with one attached hydrogen (secondary N) is 1. The van der Waals surface area contributed by atoms with Gasteiger partial charge in [-0.2, -0.15) is 5.10 Å². The zero-order chi connectivity index (χ0) is 15.0. The van der Waals surface area contributed by atoms with Crippen molar-refractivity contribution in [2.24, 2.45) is 0 Å². The van der Waals surface area contributed by atoms with E-state index in [1.807, 2.05) is 0 Å². The molecular weight excluding hydrogens is 280 g/mol. The molecule has 1 aliphatic heterocycles. The Kier molecular flexibility index (Phi) is 3.42. The van der Waals surface area contributed by atoms with E-state index < -0.39 is 23.8 Å². The van der Waals surface area contributed by atoms with Crippen molar-refractivity contribution in [3.63, 3.8) is 0 Å². The van der Waals surface area contributed by atoms with Gasteiger partial charge < -0.3 is 10.0 Å². The van der Waals surface area contributed by atoms with Crippen LogP contribution in [0.15, 0.2) is 30.6 Å². The Balaban J connectivity index is 1.96. The molecule has 1 aliphatic rings. The van der Waals surface area contributed by atoms with Gasteiger partial charge in [-0.25, -0.2) is 8.78 Å². The van der Waals surface area contributed by atoms with Gasteiger partial charge in [-0.15, -0.1) is 0 Å². The first-order chi connectivity index (χ1) is 10.1. The normalized spacial score (nSPS) is 21.8. The van der Waals surface area contributed by atoms with Crippen molar-refractivity contribution >= 4 is 5.91 Å². The lowest BCUT2D eigenvalue weighted by molar-refractivity contribution is 0.0714. The number of amides is 1. The Morgan fingerprint density at radius 2 is 2.24 bits per heavy atom.